The molecule has 1 atom stereocenters. The van der Waals surface area contributed by atoms with Crippen LogP contribution in [0.1, 0.15) is 23.6 Å². The van der Waals surface area contributed by atoms with Crippen molar-refractivity contribution in [2.45, 2.75) is 32.7 Å². The number of aryl methyl sites for hydroxylation is 1. The van der Waals surface area contributed by atoms with Crippen molar-refractivity contribution in [2.24, 2.45) is 0 Å². The van der Waals surface area contributed by atoms with Crippen LogP contribution in [0.25, 0.3) is 0 Å². The molecule has 2 aromatic carbocycles. The highest BCUT2D eigenvalue weighted by atomic mass is 35.5. The third-order valence-electron chi connectivity index (χ3n) is 3.59. The second kappa shape index (κ2) is 7.58. The first-order chi connectivity index (χ1) is 10.1. The van der Waals surface area contributed by atoms with E-state index in [4.69, 9.17) is 11.6 Å². The number of likely N-dealkylation sites (N-methyl/N-ethyl adjacent to an activating group) is 1. The van der Waals surface area contributed by atoms with Gasteiger partial charge in [0, 0.05) is 11.1 Å². The van der Waals surface area contributed by atoms with Gasteiger partial charge in [0.2, 0.25) is 0 Å². The normalized spacial score (nSPS) is 12.4. The van der Waals surface area contributed by atoms with Crippen LogP contribution in [0.15, 0.2) is 42.5 Å². The Morgan fingerprint density at radius 3 is 2.48 bits per heavy atom. The average Bonchev–Trinajstić information content (AvgIpc) is 2.44. The lowest BCUT2D eigenvalue weighted by molar-refractivity contribution is 0.506. The summed E-state index contributed by atoms with van der Waals surface area (Å²) in [5.74, 6) is -0.143. The molecule has 1 nitrogen and oxygen atoms in total. The van der Waals surface area contributed by atoms with E-state index in [-0.39, 0.29) is 11.9 Å². The Morgan fingerprint density at radius 2 is 1.81 bits per heavy atom. The predicted molar refractivity (Wildman–Crippen MR) is 87.5 cm³/mol. The maximum absolute atomic E-state index is 13.8. The van der Waals surface area contributed by atoms with Crippen LogP contribution in [0.4, 0.5) is 4.39 Å². The van der Waals surface area contributed by atoms with Crippen LogP contribution in [0.2, 0.25) is 5.02 Å². The lowest BCUT2D eigenvalue weighted by atomic mass is 9.98. The Morgan fingerprint density at radius 1 is 1.10 bits per heavy atom. The van der Waals surface area contributed by atoms with Crippen LogP contribution in [-0.4, -0.2) is 12.6 Å². The summed E-state index contributed by atoms with van der Waals surface area (Å²) in [7, 11) is 0. The van der Waals surface area contributed by atoms with Crippen molar-refractivity contribution in [3.05, 3.63) is 70.0 Å². The quantitative estimate of drug-likeness (QED) is 0.825. The number of nitrogens with one attached hydrogen (secondary N) is 1. The van der Waals surface area contributed by atoms with Gasteiger partial charge in [0.1, 0.15) is 5.82 Å². The fourth-order valence-electron chi connectivity index (χ4n) is 2.52. The van der Waals surface area contributed by atoms with Crippen LogP contribution >= 0.6 is 11.6 Å². The van der Waals surface area contributed by atoms with Crippen molar-refractivity contribution in [1.29, 1.82) is 0 Å². The summed E-state index contributed by atoms with van der Waals surface area (Å²) in [6, 6.07) is 13.2. The molecular weight excluding hydrogens is 285 g/mol. The molecule has 2 rings (SSSR count). The maximum atomic E-state index is 13.8. The molecule has 2 aromatic rings. The minimum absolute atomic E-state index is 0.143. The van der Waals surface area contributed by atoms with Gasteiger partial charge in [0.15, 0.2) is 0 Å². The smallest absolute Gasteiger partial charge is 0.126 e. The number of halogens is 2. The molecule has 0 aromatic heterocycles. The molecule has 0 amide bonds. The lowest BCUT2D eigenvalue weighted by Crippen LogP contribution is -2.33. The second-order valence-corrected chi connectivity index (χ2v) is 5.76. The maximum Gasteiger partial charge on any atom is 0.126 e. The zero-order valence-corrected chi connectivity index (χ0v) is 13.3. The largest absolute Gasteiger partial charge is 0.314 e. The van der Waals surface area contributed by atoms with Crippen molar-refractivity contribution >= 4 is 11.6 Å². The zero-order chi connectivity index (χ0) is 15.2. The van der Waals surface area contributed by atoms with E-state index in [1.54, 1.807) is 6.07 Å². The topological polar surface area (TPSA) is 12.0 Å². The van der Waals surface area contributed by atoms with Crippen molar-refractivity contribution in [3.8, 4) is 0 Å². The molecule has 0 bridgehead atoms. The van der Waals surface area contributed by atoms with Gasteiger partial charge < -0.3 is 5.32 Å². The van der Waals surface area contributed by atoms with E-state index >= 15 is 0 Å². The molecule has 3 heteroatoms. The van der Waals surface area contributed by atoms with Crippen LogP contribution in [0.3, 0.4) is 0 Å². The Hall–Kier alpha value is -1.38. The Labute approximate surface area is 131 Å². The first-order valence-corrected chi connectivity index (χ1v) is 7.69. The van der Waals surface area contributed by atoms with Gasteiger partial charge in [-0.2, -0.15) is 0 Å². The highest BCUT2D eigenvalue weighted by Crippen LogP contribution is 2.20. The van der Waals surface area contributed by atoms with E-state index in [1.807, 2.05) is 25.1 Å². The lowest BCUT2D eigenvalue weighted by Gasteiger charge is -2.19. The summed E-state index contributed by atoms with van der Waals surface area (Å²) in [6.45, 7) is 4.93. The molecule has 0 aliphatic rings. The number of rotatable bonds is 6. The van der Waals surface area contributed by atoms with Gasteiger partial charge in [-0.3, -0.25) is 0 Å². The van der Waals surface area contributed by atoms with Crippen LogP contribution < -0.4 is 5.32 Å². The van der Waals surface area contributed by atoms with Crippen molar-refractivity contribution in [1.82, 2.24) is 5.32 Å². The Balaban J connectivity index is 2.14. The molecule has 0 fully saturated rings. The monoisotopic (exact) mass is 305 g/mol. The average molecular weight is 306 g/mol. The Bertz CT molecular complexity index is 598. The first kappa shape index (κ1) is 16.0. The van der Waals surface area contributed by atoms with E-state index < -0.39 is 0 Å². The molecule has 0 aliphatic carbocycles. The molecule has 0 radical (unpaired) electrons. The van der Waals surface area contributed by atoms with Gasteiger partial charge in [-0.1, -0.05) is 48.9 Å². The molecular formula is C18H21ClFN. The predicted octanol–water partition coefficient (Wildman–Crippen LogP) is 4.55. The molecule has 1 N–H and O–H groups in total. The van der Waals surface area contributed by atoms with Crippen molar-refractivity contribution in [3.63, 3.8) is 0 Å². The molecule has 112 valence electrons. The number of hydrogen-bond donors (Lipinski definition) is 1. The van der Waals surface area contributed by atoms with Gasteiger partial charge in [-0.15, -0.1) is 0 Å². The van der Waals surface area contributed by atoms with Crippen LogP contribution in [0, 0.1) is 12.7 Å². The number of benzene rings is 2. The summed E-state index contributed by atoms with van der Waals surface area (Å²) < 4.78 is 13.8. The van der Waals surface area contributed by atoms with Crippen molar-refractivity contribution < 1.29 is 4.39 Å². The van der Waals surface area contributed by atoms with Gasteiger partial charge in [-0.05, 0) is 55.1 Å². The van der Waals surface area contributed by atoms with Gasteiger partial charge in [-0.25, -0.2) is 4.39 Å². The highest BCUT2D eigenvalue weighted by molar-refractivity contribution is 6.31. The van der Waals surface area contributed by atoms with Gasteiger partial charge in [0.25, 0.3) is 0 Å². The second-order valence-electron chi connectivity index (χ2n) is 5.35. The van der Waals surface area contributed by atoms with E-state index in [2.05, 4.69) is 24.4 Å². The third kappa shape index (κ3) is 4.55. The van der Waals surface area contributed by atoms with Crippen LogP contribution in [0.5, 0.6) is 0 Å². The molecule has 0 saturated carbocycles. The fraction of sp³-hybridized carbons (Fsp3) is 0.333. The Kier molecular flexibility index (Phi) is 5.77. The SMILES string of the molecule is CCNC(Cc1ccccc1F)Cc1ccc(C)cc1Cl. The highest BCUT2D eigenvalue weighted by Gasteiger charge is 2.13. The number of hydrogen-bond acceptors (Lipinski definition) is 1. The summed E-state index contributed by atoms with van der Waals surface area (Å²) in [5.41, 5.74) is 2.99. The van der Waals surface area contributed by atoms with E-state index in [0.717, 1.165) is 34.7 Å². The fourth-order valence-corrected chi connectivity index (χ4v) is 2.83. The molecule has 21 heavy (non-hydrogen) atoms. The summed E-state index contributed by atoms with van der Waals surface area (Å²) >= 11 is 6.31. The molecule has 1 unspecified atom stereocenters. The third-order valence-corrected chi connectivity index (χ3v) is 3.94. The summed E-state index contributed by atoms with van der Waals surface area (Å²) in [5, 5.41) is 4.21. The van der Waals surface area contributed by atoms with E-state index in [0.29, 0.717) is 6.42 Å². The summed E-state index contributed by atoms with van der Waals surface area (Å²) in [4.78, 5) is 0. The molecule has 0 aliphatic heterocycles. The first-order valence-electron chi connectivity index (χ1n) is 7.32. The van der Waals surface area contributed by atoms with Crippen LogP contribution in [-0.2, 0) is 12.8 Å². The minimum Gasteiger partial charge on any atom is -0.314 e. The van der Waals surface area contributed by atoms with Gasteiger partial charge in [0.05, 0.1) is 0 Å². The minimum atomic E-state index is -0.143. The van der Waals surface area contributed by atoms with E-state index in [9.17, 15) is 4.39 Å². The standard InChI is InChI=1S/C18H21ClFN/c1-3-21-16(12-15-6-4-5-7-18(15)20)11-14-9-8-13(2)10-17(14)19/h4-10,16,21H,3,11-12H2,1-2H3. The molecule has 0 spiro atoms. The van der Waals surface area contributed by atoms with E-state index in [1.165, 1.54) is 6.07 Å². The zero-order valence-electron chi connectivity index (χ0n) is 12.5. The molecule has 0 saturated heterocycles. The summed E-state index contributed by atoms with van der Waals surface area (Å²) in [6.07, 6.45) is 1.45. The van der Waals surface area contributed by atoms with Gasteiger partial charge >= 0.3 is 0 Å². The molecule has 0 heterocycles. The van der Waals surface area contributed by atoms with Crippen molar-refractivity contribution in [2.75, 3.05) is 6.54 Å².